The minimum absolute atomic E-state index is 0.392. The van der Waals surface area contributed by atoms with Gasteiger partial charge in [0.25, 0.3) is 0 Å². The first-order valence-corrected chi connectivity index (χ1v) is 9.48. The minimum Gasteiger partial charge on any atom is -0.478 e. The molecule has 1 aromatic carbocycles. The molecule has 1 aliphatic heterocycles. The van der Waals surface area contributed by atoms with E-state index in [2.05, 4.69) is 5.32 Å². The van der Waals surface area contributed by atoms with Crippen LogP contribution in [0.25, 0.3) is 0 Å². The first kappa shape index (κ1) is 14.9. The lowest BCUT2D eigenvalue weighted by Gasteiger charge is -2.22. The summed E-state index contributed by atoms with van der Waals surface area (Å²) >= 11 is 5.41. The van der Waals surface area contributed by atoms with E-state index in [0.717, 1.165) is 22.9 Å². The average Bonchev–Trinajstić information content (AvgIpc) is 2.45. The Morgan fingerprint density at radius 2 is 2.37 bits per heavy atom. The van der Waals surface area contributed by atoms with Gasteiger partial charge in [-0.2, -0.15) is 23.5 Å². The molecule has 2 rings (SSSR count). The standard InChI is InChI=1S/C13H17NO2S3/c1-17-11-4-2-3-10(12(11)13(15)16)14-7-9-8-18-5-6-19-9/h2-4,9,14H,5-8H2,1H3,(H,15,16). The lowest BCUT2D eigenvalue weighted by Crippen LogP contribution is -2.24. The molecule has 3 nitrogen and oxygen atoms in total. The number of thioether (sulfide) groups is 3. The summed E-state index contributed by atoms with van der Waals surface area (Å²) in [6.45, 7) is 0.829. The summed E-state index contributed by atoms with van der Waals surface area (Å²) < 4.78 is 0. The molecule has 1 atom stereocenters. The third-order valence-corrected chi connectivity index (χ3v) is 6.49. The van der Waals surface area contributed by atoms with Crippen LogP contribution in [0.2, 0.25) is 0 Å². The lowest BCUT2D eigenvalue weighted by atomic mass is 10.1. The lowest BCUT2D eigenvalue weighted by molar-refractivity contribution is 0.0694. The third-order valence-electron chi connectivity index (χ3n) is 2.87. The molecule has 1 heterocycles. The van der Waals surface area contributed by atoms with Gasteiger partial charge in [0.2, 0.25) is 0 Å². The number of hydrogen-bond acceptors (Lipinski definition) is 5. The summed E-state index contributed by atoms with van der Waals surface area (Å²) in [4.78, 5) is 12.2. The molecule has 0 spiro atoms. The van der Waals surface area contributed by atoms with Crippen molar-refractivity contribution in [3.8, 4) is 0 Å². The minimum atomic E-state index is -0.863. The predicted molar refractivity (Wildman–Crippen MR) is 87.2 cm³/mol. The average molecular weight is 315 g/mol. The zero-order valence-corrected chi connectivity index (χ0v) is 13.2. The molecular formula is C13H17NO2S3. The molecule has 1 saturated heterocycles. The second kappa shape index (κ2) is 7.36. The van der Waals surface area contributed by atoms with Gasteiger partial charge in [-0.05, 0) is 18.4 Å². The monoisotopic (exact) mass is 315 g/mol. The summed E-state index contributed by atoms with van der Waals surface area (Å²) in [5.41, 5.74) is 1.12. The van der Waals surface area contributed by atoms with Crippen LogP contribution in [-0.2, 0) is 0 Å². The number of rotatable bonds is 5. The van der Waals surface area contributed by atoms with Crippen LogP contribution >= 0.6 is 35.3 Å². The SMILES string of the molecule is CSc1cccc(NCC2CSCCS2)c1C(=O)O. The highest BCUT2D eigenvalue weighted by molar-refractivity contribution is 8.06. The predicted octanol–water partition coefficient (Wildman–Crippen LogP) is 3.37. The van der Waals surface area contributed by atoms with Gasteiger partial charge in [-0.3, -0.25) is 0 Å². The number of hydrogen-bond donors (Lipinski definition) is 2. The van der Waals surface area contributed by atoms with Crippen molar-refractivity contribution >= 4 is 46.9 Å². The van der Waals surface area contributed by atoms with E-state index in [1.165, 1.54) is 23.3 Å². The fourth-order valence-electron chi connectivity index (χ4n) is 1.95. The van der Waals surface area contributed by atoms with E-state index in [4.69, 9.17) is 0 Å². The molecule has 0 amide bonds. The molecule has 2 N–H and O–H groups in total. The molecule has 0 aromatic heterocycles. The second-order valence-electron chi connectivity index (χ2n) is 4.14. The zero-order valence-electron chi connectivity index (χ0n) is 10.7. The molecule has 1 unspecified atom stereocenters. The van der Waals surface area contributed by atoms with E-state index in [9.17, 15) is 9.90 Å². The quantitative estimate of drug-likeness (QED) is 0.813. The van der Waals surface area contributed by atoms with Crippen LogP contribution in [-0.4, -0.2) is 46.4 Å². The Kier molecular flexibility index (Phi) is 5.78. The molecule has 1 fully saturated rings. The highest BCUT2D eigenvalue weighted by Gasteiger charge is 2.18. The normalized spacial score (nSPS) is 19.1. The summed E-state index contributed by atoms with van der Waals surface area (Å²) in [6, 6.07) is 5.61. The molecule has 1 aromatic rings. The molecule has 19 heavy (non-hydrogen) atoms. The molecule has 0 bridgehead atoms. The summed E-state index contributed by atoms with van der Waals surface area (Å²) in [6.07, 6.45) is 1.90. The van der Waals surface area contributed by atoms with Crippen molar-refractivity contribution in [2.75, 3.05) is 35.4 Å². The van der Waals surface area contributed by atoms with E-state index < -0.39 is 5.97 Å². The molecule has 104 valence electrons. The first-order chi connectivity index (χ1) is 9.22. The zero-order chi connectivity index (χ0) is 13.7. The summed E-state index contributed by atoms with van der Waals surface area (Å²) in [5.74, 6) is 2.69. The molecular weight excluding hydrogens is 298 g/mol. The van der Waals surface area contributed by atoms with E-state index in [1.807, 2.05) is 48.0 Å². The molecule has 0 radical (unpaired) electrons. The number of carboxylic acids is 1. The van der Waals surface area contributed by atoms with Crippen molar-refractivity contribution in [3.05, 3.63) is 23.8 Å². The van der Waals surface area contributed by atoms with Crippen LogP contribution in [0.5, 0.6) is 0 Å². The maximum atomic E-state index is 11.4. The fourth-order valence-corrected chi connectivity index (χ4v) is 5.18. The van der Waals surface area contributed by atoms with Crippen molar-refractivity contribution in [2.45, 2.75) is 10.1 Å². The number of benzene rings is 1. The van der Waals surface area contributed by atoms with Crippen LogP contribution in [0, 0.1) is 0 Å². The number of carboxylic acid groups (broad SMARTS) is 1. The van der Waals surface area contributed by atoms with Crippen LogP contribution < -0.4 is 5.32 Å². The highest BCUT2D eigenvalue weighted by Crippen LogP contribution is 2.29. The topological polar surface area (TPSA) is 49.3 Å². The first-order valence-electron chi connectivity index (χ1n) is 6.06. The summed E-state index contributed by atoms with van der Waals surface area (Å²) in [7, 11) is 0. The number of carbonyl (C=O) groups is 1. The maximum Gasteiger partial charge on any atom is 0.338 e. The molecule has 6 heteroatoms. The largest absolute Gasteiger partial charge is 0.478 e. The van der Waals surface area contributed by atoms with Crippen LogP contribution in [0.4, 0.5) is 5.69 Å². The van der Waals surface area contributed by atoms with E-state index in [0.29, 0.717) is 10.8 Å². The van der Waals surface area contributed by atoms with E-state index >= 15 is 0 Å². The fraction of sp³-hybridized carbons (Fsp3) is 0.462. The van der Waals surface area contributed by atoms with Gasteiger partial charge >= 0.3 is 5.97 Å². The Bertz CT molecular complexity index is 448. The Hall–Kier alpha value is -0.460. The van der Waals surface area contributed by atoms with Gasteiger partial charge < -0.3 is 10.4 Å². The number of aromatic carboxylic acids is 1. The smallest absolute Gasteiger partial charge is 0.338 e. The summed E-state index contributed by atoms with van der Waals surface area (Å²) in [5, 5.41) is 13.2. The third kappa shape index (κ3) is 4.00. The molecule has 1 aliphatic rings. The molecule has 0 aliphatic carbocycles. The van der Waals surface area contributed by atoms with Crippen LogP contribution in [0.3, 0.4) is 0 Å². The van der Waals surface area contributed by atoms with Gasteiger partial charge in [0, 0.05) is 39.6 Å². The van der Waals surface area contributed by atoms with E-state index in [-0.39, 0.29) is 0 Å². The maximum absolute atomic E-state index is 11.4. The van der Waals surface area contributed by atoms with E-state index in [1.54, 1.807) is 0 Å². The van der Waals surface area contributed by atoms with Crippen LogP contribution in [0.15, 0.2) is 23.1 Å². The van der Waals surface area contributed by atoms with Gasteiger partial charge in [-0.25, -0.2) is 4.79 Å². The van der Waals surface area contributed by atoms with Crippen molar-refractivity contribution in [1.82, 2.24) is 0 Å². The van der Waals surface area contributed by atoms with Crippen molar-refractivity contribution in [1.29, 1.82) is 0 Å². The van der Waals surface area contributed by atoms with Gasteiger partial charge in [-0.15, -0.1) is 11.8 Å². The number of anilines is 1. The van der Waals surface area contributed by atoms with Gasteiger partial charge in [0.1, 0.15) is 0 Å². The van der Waals surface area contributed by atoms with Crippen molar-refractivity contribution in [3.63, 3.8) is 0 Å². The Labute approximate surface area is 126 Å². The van der Waals surface area contributed by atoms with Gasteiger partial charge in [0.05, 0.1) is 5.56 Å². The highest BCUT2D eigenvalue weighted by atomic mass is 32.2. The Morgan fingerprint density at radius 3 is 3.00 bits per heavy atom. The number of nitrogens with one attached hydrogen (secondary N) is 1. The molecule has 0 saturated carbocycles. The Balaban J connectivity index is 2.08. The second-order valence-corrected chi connectivity index (χ2v) is 7.54. The van der Waals surface area contributed by atoms with Gasteiger partial charge in [-0.1, -0.05) is 6.07 Å². The van der Waals surface area contributed by atoms with Gasteiger partial charge in [0.15, 0.2) is 0 Å². The van der Waals surface area contributed by atoms with Crippen molar-refractivity contribution in [2.24, 2.45) is 0 Å². The Morgan fingerprint density at radius 1 is 1.53 bits per heavy atom. The van der Waals surface area contributed by atoms with Crippen molar-refractivity contribution < 1.29 is 9.90 Å². The van der Waals surface area contributed by atoms with Crippen LogP contribution in [0.1, 0.15) is 10.4 Å².